The van der Waals surface area contributed by atoms with Gasteiger partial charge in [0.05, 0.1) is 24.6 Å². The molecule has 49 heavy (non-hydrogen) atoms. The Balaban J connectivity index is 2.08. The lowest BCUT2D eigenvalue weighted by atomic mass is 10.2. The highest BCUT2D eigenvalue weighted by Crippen LogP contribution is 2.32. The molecule has 0 spiro atoms. The fraction of sp³-hybridized carbons (Fsp3) is 0.469. The number of para-hydroxylation sites is 2. The van der Waals surface area contributed by atoms with Gasteiger partial charge in [0.15, 0.2) is 0 Å². The van der Waals surface area contributed by atoms with E-state index in [-0.39, 0.29) is 55.0 Å². The number of carboxylic acids is 4. The fourth-order valence-electron chi connectivity index (χ4n) is 4.45. The zero-order valence-corrected chi connectivity index (χ0v) is 27.6. The van der Waals surface area contributed by atoms with Crippen LogP contribution < -0.4 is 24.6 Å². The second-order valence-electron chi connectivity index (χ2n) is 10.5. The van der Waals surface area contributed by atoms with Crippen LogP contribution in [0.1, 0.15) is 25.7 Å². The Bertz CT molecular complexity index is 1350. The van der Waals surface area contributed by atoms with Crippen LogP contribution in [0, 0.1) is 0 Å². The van der Waals surface area contributed by atoms with E-state index in [0.29, 0.717) is 19.1 Å². The normalized spacial score (nSPS) is 10.6. The zero-order chi connectivity index (χ0) is 36.0. The van der Waals surface area contributed by atoms with Crippen molar-refractivity contribution in [2.75, 3.05) is 86.8 Å². The number of carboxylic acid groups (broad SMARTS) is 4. The zero-order valence-electron chi connectivity index (χ0n) is 26.9. The Labute approximate surface area is 288 Å². The molecular weight excluding hydrogens is 670 g/mol. The highest BCUT2D eigenvalue weighted by Gasteiger charge is 2.21. The van der Waals surface area contributed by atoms with Crippen molar-refractivity contribution in [3.05, 3.63) is 42.5 Å². The predicted octanol–water partition coefficient (Wildman–Crippen LogP) is 2.87. The summed E-state index contributed by atoms with van der Waals surface area (Å²) in [6.07, 6.45) is 3.94. The molecule has 0 atom stereocenters. The number of rotatable bonds is 27. The summed E-state index contributed by atoms with van der Waals surface area (Å²) in [5.74, 6) is -4.69. The Kier molecular flexibility index (Phi) is 18.7. The van der Waals surface area contributed by atoms with Gasteiger partial charge >= 0.3 is 23.9 Å². The van der Waals surface area contributed by atoms with Crippen molar-refractivity contribution >= 4 is 58.4 Å². The molecule has 0 saturated carbocycles. The Morgan fingerprint density at radius 2 is 1.14 bits per heavy atom. The van der Waals surface area contributed by atoms with Gasteiger partial charge in [0.2, 0.25) is 5.91 Å². The van der Waals surface area contributed by atoms with Gasteiger partial charge < -0.3 is 54.5 Å². The average molecular weight is 712 g/mol. The Hall–Kier alpha value is -4.80. The molecule has 0 heterocycles. The maximum absolute atomic E-state index is 12.5. The van der Waals surface area contributed by atoms with Crippen LogP contribution in [-0.4, -0.2) is 122 Å². The topological polar surface area (TPSA) is 222 Å². The van der Waals surface area contributed by atoms with Crippen LogP contribution >= 0.6 is 11.6 Å². The average Bonchev–Trinajstić information content (AvgIpc) is 3.03. The lowest BCUT2D eigenvalue weighted by Crippen LogP contribution is -2.35. The Morgan fingerprint density at radius 1 is 0.612 bits per heavy atom. The molecule has 0 aliphatic rings. The highest BCUT2D eigenvalue weighted by molar-refractivity contribution is 6.17. The number of unbranched alkanes of at least 4 members (excludes halogenated alkanes) is 3. The maximum Gasteiger partial charge on any atom is 0.323 e. The lowest BCUT2D eigenvalue weighted by molar-refractivity contribution is -0.138. The summed E-state index contributed by atoms with van der Waals surface area (Å²) < 4.78 is 22.5. The molecule has 270 valence electrons. The van der Waals surface area contributed by atoms with Gasteiger partial charge in [-0.2, -0.15) is 0 Å². The lowest BCUT2D eigenvalue weighted by Gasteiger charge is -2.25. The number of benzene rings is 2. The van der Waals surface area contributed by atoms with Gasteiger partial charge in [-0.25, -0.2) is 0 Å². The van der Waals surface area contributed by atoms with Crippen LogP contribution in [0.4, 0.5) is 17.1 Å². The predicted molar refractivity (Wildman–Crippen MR) is 178 cm³/mol. The van der Waals surface area contributed by atoms with Crippen LogP contribution in [0.3, 0.4) is 0 Å². The number of carbonyl (C=O) groups is 5. The first-order valence-electron chi connectivity index (χ1n) is 15.4. The second kappa shape index (κ2) is 22.7. The summed E-state index contributed by atoms with van der Waals surface area (Å²) in [7, 11) is 0. The second-order valence-corrected chi connectivity index (χ2v) is 10.8. The number of nitrogens with one attached hydrogen (secondary N) is 1. The largest absolute Gasteiger partial charge is 0.488 e. The number of alkyl halides is 1. The van der Waals surface area contributed by atoms with Gasteiger partial charge in [-0.1, -0.05) is 25.0 Å². The maximum atomic E-state index is 12.5. The molecule has 0 bridgehead atoms. The standard InChI is InChI=1S/C32H42ClN3O13/c33-11-5-1-2-6-12-46-13-14-47-22-28(37)34-23-9-10-25(36(20-31(42)43)21-32(44)45)27(17-23)49-16-15-48-26-8-4-3-7-24(26)35(18-29(38)39)19-30(40)41/h3-4,7-10,17H,1-2,5-6,11-16,18-22H2,(H,34,37)(H,38,39)(H,40,41)(H,42,43)(H,44,45). The van der Waals surface area contributed by atoms with E-state index in [2.05, 4.69) is 5.32 Å². The van der Waals surface area contributed by atoms with Crippen molar-refractivity contribution in [2.24, 2.45) is 0 Å². The summed E-state index contributed by atoms with van der Waals surface area (Å²) in [4.78, 5) is 60.4. The summed E-state index contributed by atoms with van der Waals surface area (Å²) in [6.45, 7) is -1.98. The van der Waals surface area contributed by atoms with Gasteiger partial charge in [-0.05, 0) is 37.1 Å². The van der Waals surface area contributed by atoms with E-state index < -0.39 is 56.0 Å². The van der Waals surface area contributed by atoms with E-state index in [4.69, 9.17) is 30.5 Å². The van der Waals surface area contributed by atoms with E-state index in [1.807, 2.05) is 0 Å². The number of anilines is 3. The molecule has 2 aromatic rings. The van der Waals surface area contributed by atoms with Crippen molar-refractivity contribution in [1.82, 2.24) is 0 Å². The number of ether oxygens (including phenoxy) is 4. The number of halogens is 1. The van der Waals surface area contributed by atoms with Gasteiger partial charge in [0.25, 0.3) is 0 Å². The first-order valence-corrected chi connectivity index (χ1v) is 15.9. The molecule has 2 rings (SSSR count). The number of amides is 1. The molecule has 2 aromatic carbocycles. The molecule has 0 saturated heterocycles. The van der Waals surface area contributed by atoms with Gasteiger partial charge in [-0.3, -0.25) is 24.0 Å². The molecule has 0 radical (unpaired) electrons. The minimum absolute atomic E-state index is 0.0379. The van der Waals surface area contributed by atoms with Crippen LogP contribution in [0.15, 0.2) is 42.5 Å². The number of aliphatic carboxylic acids is 4. The summed E-state index contributed by atoms with van der Waals surface area (Å²) >= 11 is 5.65. The van der Waals surface area contributed by atoms with Gasteiger partial charge in [0.1, 0.15) is 57.5 Å². The molecule has 0 aliphatic carbocycles. The third-order valence-corrected chi connectivity index (χ3v) is 6.74. The van der Waals surface area contributed by atoms with Crippen LogP contribution in [0.2, 0.25) is 0 Å². The minimum Gasteiger partial charge on any atom is -0.488 e. The van der Waals surface area contributed by atoms with Gasteiger partial charge in [0, 0.05) is 24.2 Å². The van der Waals surface area contributed by atoms with Crippen LogP contribution in [-0.2, 0) is 33.4 Å². The van der Waals surface area contributed by atoms with E-state index in [1.54, 1.807) is 12.1 Å². The summed E-state index contributed by atoms with van der Waals surface area (Å²) in [5, 5.41) is 39.9. The van der Waals surface area contributed by atoms with Crippen molar-refractivity contribution in [2.45, 2.75) is 25.7 Å². The molecule has 16 nitrogen and oxygen atoms in total. The smallest absolute Gasteiger partial charge is 0.323 e. The molecule has 0 fully saturated rings. The quantitative estimate of drug-likeness (QED) is 0.0664. The fourth-order valence-corrected chi connectivity index (χ4v) is 4.64. The SMILES string of the molecule is O=C(O)CN(CC(=O)O)c1ccccc1OCCOc1cc(NC(=O)COCCOCCCCCCCl)ccc1N(CC(=O)O)CC(=O)O. The molecule has 5 N–H and O–H groups in total. The molecular formula is C32H42ClN3O13. The first-order chi connectivity index (χ1) is 23.5. The monoisotopic (exact) mass is 711 g/mol. The molecule has 0 aromatic heterocycles. The molecule has 0 unspecified atom stereocenters. The van der Waals surface area contributed by atoms with Crippen molar-refractivity contribution in [3.63, 3.8) is 0 Å². The minimum atomic E-state index is -1.29. The van der Waals surface area contributed by atoms with E-state index in [0.717, 1.165) is 35.5 Å². The number of hydrogen-bond donors (Lipinski definition) is 5. The Morgan fingerprint density at radius 3 is 1.73 bits per heavy atom. The van der Waals surface area contributed by atoms with E-state index in [1.165, 1.54) is 30.3 Å². The third kappa shape index (κ3) is 16.7. The number of nitrogens with zero attached hydrogens (tertiary/aromatic N) is 2. The van der Waals surface area contributed by atoms with E-state index >= 15 is 0 Å². The van der Waals surface area contributed by atoms with E-state index in [9.17, 15) is 44.4 Å². The van der Waals surface area contributed by atoms with Crippen molar-refractivity contribution < 1.29 is 63.3 Å². The number of hydrogen-bond acceptors (Lipinski definition) is 11. The first kappa shape index (κ1) is 40.4. The van der Waals surface area contributed by atoms with Crippen molar-refractivity contribution in [1.29, 1.82) is 0 Å². The molecule has 0 aliphatic heterocycles. The van der Waals surface area contributed by atoms with Crippen molar-refractivity contribution in [3.8, 4) is 11.5 Å². The number of carbonyl (C=O) groups excluding carboxylic acids is 1. The highest BCUT2D eigenvalue weighted by atomic mass is 35.5. The molecule has 1 amide bonds. The summed E-state index contributed by atoms with van der Waals surface area (Å²) in [5.41, 5.74) is 0.599. The molecule has 17 heteroatoms. The van der Waals surface area contributed by atoms with Crippen LogP contribution in [0.5, 0.6) is 11.5 Å². The van der Waals surface area contributed by atoms with Gasteiger partial charge in [-0.15, -0.1) is 11.6 Å². The van der Waals surface area contributed by atoms with Crippen LogP contribution in [0.25, 0.3) is 0 Å². The third-order valence-electron chi connectivity index (χ3n) is 6.47. The summed E-state index contributed by atoms with van der Waals surface area (Å²) in [6, 6.07) is 10.5.